The Morgan fingerprint density at radius 2 is 2.04 bits per heavy atom. The number of carbonyl (C=O) groups excluding carboxylic acids is 2. The number of benzene rings is 1. The van der Waals surface area contributed by atoms with E-state index >= 15 is 0 Å². The molecule has 0 heterocycles. The van der Waals surface area contributed by atoms with Crippen LogP contribution in [0, 0.1) is 18.2 Å². The lowest BCUT2D eigenvalue weighted by atomic mass is 10.3. The number of halogens is 1. The summed E-state index contributed by atoms with van der Waals surface area (Å²) in [7, 11) is -4.24. The second-order valence-corrected chi connectivity index (χ2v) is 6.04. The summed E-state index contributed by atoms with van der Waals surface area (Å²) < 4.78 is 44.1. The van der Waals surface area contributed by atoms with E-state index in [2.05, 4.69) is 16.0 Å². The predicted octanol–water partition coefficient (Wildman–Crippen LogP) is -0.215. The van der Waals surface area contributed by atoms with Crippen molar-refractivity contribution in [3.05, 3.63) is 30.1 Å². The Balaban J connectivity index is 2.63. The number of carbonyl (C=O) groups is 2. The molecule has 0 unspecified atom stereocenters. The van der Waals surface area contributed by atoms with Crippen molar-refractivity contribution in [2.75, 3.05) is 13.2 Å². The molecule has 0 saturated heterocycles. The lowest BCUT2D eigenvalue weighted by Crippen LogP contribution is -2.41. The number of hydrogen-bond acceptors (Lipinski definition) is 5. The third-order valence-corrected chi connectivity index (χ3v) is 4.12. The molecule has 1 rings (SSSR count). The van der Waals surface area contributed by atoms with Gasteiger partial charge in [-0.3, -0.25) is 9.59 Å². The summed E-state index contributed by atoms with van der Waals surface area (Å²) in [4.78, 5) is 22.3. The number of nitrogens with one attached hydrogen (secondary N) is 2. The Hall–Kier alpha value is -2.44. The largest absolute Gasteiger partial charge is 0.454 e. The van der Waals surface area contributed by atoms with Gasteiger partial charge in [0.2, 0.25) is 10.0 Å². The molecule has 124 valence electrons. The van der Waals surface area contributed by atoms with Crippen molar-refractivity contribution < 1.29 is 27.1 Å². The topological polar surface area (TPSA) is 102 Å². The molecule has 0 aliphatic rings. The quantitative estimate of drug-likeness (QED) is 0.527. The molecule has 0 aliphatic heterocycles. The smallest absolute Gasteiger partial charge is 0.324 e. The number of terminal acetylenes is 1. The lowest BCUT2D eigenvalue weighted by molar-refractivity contribution is -0.149. The van der Waals surface area contributed by atoms with Crippen LogP contribution in [0.2, 0.25) is 0 Å². The van der Waals surface area contributed by atoms with Gasteiger partial charge in [-0.25, -0.2) is 12.8 Å². The van der Waals surface area contributed by atoms with Crippen LogP contribution in [0.25, 0.3) is 0 Å². The summed E-state index contributed by atoms with van der Waals surface area (Å²) in [6.07, 6.45) is 4.94. The van der Waals surface area contributed by atoms with Crippen molar-refractivity contribution in [3.8, 4) is 12.3 Å². The zero-order valence-corrected chi connectivity index (χ0v) is 13.0. The van der Waals surface area contributed by atoms with Crippen molar-refractivity contribution in [2.24, 2.45) is 0 Å². The van der Waals surface area contributed by atoms with Crippen LogP contribution in [-0.4, -0.2) is 39.5 Å². The van der Waals surface area contributed by atoms with Gasteiger partial charge in [0.05, 0.1) is 6.54 Å². The first kappa shape index (κ1) is 18.6. The molecule has 1 atom stereocenters. The third kappa shape index (κ3) is 5.69. The maximum Gasteiger partial charge on any atom is 0.324 e. The van der Waals surface area contributed by atoms with Gasteiger partial charge in [-0.15, -0.1) is 6.42 Å². The molecule has 1 aromatic rings. The summed E-state index contributed by atoms with van der Waals surface area (Å²) in [6.45, 7) is 0.582. The molecule has 1 amide bonds. The molecular formula is C14H15FN2O5S. The van der Waals surface area contributed by atoms with Gasteiger partial charge in [-0.2, -0.15) is 4.72 Å². The van der Waals surface area contributed by atoms with E-state index in [1.54, 1.807) is 0 Å². The van der Waals surface area contributed by atoms with E-state index < -0.39 is 45.3 Å². The maximum absolute atomic E-state index is 13.5. The normalized spacial score (nSPS) is 12.0. The molecule has 23 heavy (non-hydrogen) atoms. The van der Waals surface area contributed by atoms with Gasteiger partial charge in [0, 0.05) is 0 Å². The minimum atomic E-state index is -4.24. The first-order valence-electron chi connectivity index (χ1n) is 6.41. The number of ether oxygens (including phenoxy) is 1. The van der Waals surface area contributed by atoms with Crippen LogP contribution in [0.15, 0.2) is 29.2 Å². The summed E-state index contributed by atoms with van der Waals surface area (Å²) >= 11 is 0. The van der Waals surface area contributed by atoms with Crippen LogP contribution in [0.4, 0.5) is 4.39 Å². The molecule has 2 N–H and O–H groups in total. The van der Waals surface area contributed by atoms with Gasteiger partial charge in [0.1, 0.15) is 16.8 Å². The van der Waals surface area contributed by atoms with E-state index in [1.165, 1.54) is 19.1 Å². The molecule has 0 saturated carbocycles. The Morgan fingerprint density at radius 1 is 1.39 bits per heavy atom. The number of hydrogen-bond donors (Lipinski definition) is 2. The average molecular weight is 342 g/mol. The second kappa shape index (κ2) is 8.26. The van der Waals surface area contributed by atoms with Crippen molar-refractivity contribution in [1.29, 1.82) is 0 Å². The monoisotopic (exact) mass is 342 g/mol. The van der Waals surface area contributed by atoms with Crippen molar-refractivity contribution in [1.82, 2.24) is 10.0 Å². The lowest BCUT2D eigenvalue weighted by Gasteiger charge is -2.14. The van der Waals surface area contributed by atoms with E-state index in [0.29, 0.717) is 0 Å². The highest BCUT2D eigenvalue weighted by molar-refractivity contribution is 7.89. The molecule has 1 aromatic carbocycles. The van der Waals surface area contributed by atoms with E-state index in [9.17, 15) is 22.4 Å². The number of amides is 1. The molecule has 0 radical (unpaired) electrons. The minimum Gasteiger partial charge on any atom is -0.454 e. The third-order valence-electron chi connectivity index (χ3n) is 2.54. The van der Waals surface area contributed by atoms with Crippen LogP contribution < -0.4 is 10.0 Å². The minimum absolute atomic E-state index is 0.0220. The predicted molar refractivity (Wildman–Crippen MR) is 79.0 cm³/mol. The van der Waals surface area contributed by atoms with E-state index in [0.717, 1.165) is 12.1 Å². The first-order chi connectivity index (χ1) is 10.8. The van der Waals surface area contributed by atoms with E-state index in [4.69, 9.17) is 6.42 Å². The molecule has 0 aliphatic carbocycles. The molecule has 0 fully saturated rings. The zero-order chi connectivity index (χ0) is 17.5. The molecule has 9 heteroatoms. The fraction of sp³-hybridized carbons (Fsp3) is 0.286. The Morgan fingerprint density at radius 3 is 2.65 bits per heavy atom. The summed E-state index contributed by atoms with van der Waals surface area (Å²) in [5.41, 5.74) is 0. The Kier molecular flexibility index (Phi) is 6.68. The van der Waals surface area contributed by atoms with Crippen LogP contribution in [0.5, 0.6) is 0 Å². The van der Waals surface area contributed by atoms with Crippen LogP contribution in [-0.2, 0) is 24.3 Å². The standard InChI is InChI=1S/C14H15FN2O5S/c1-3-8-16-13(18)9-22-14(19)10(2)17-23(20,21)12-7-5-4-6-11(12)15/h1,4-7,10,17H,8-9H2,2H3,(H,16,18)/t10-/m0/s1. The highest BCUT2D eigenvalue weighted by Crippen LogP contribution is 2.13. The zero-order valence-electron chi connectivity index (χ0n) is 12.2. The van der Waals surface area contributed by atoms with Gasteiger partial charge < -0.3 is 10.1 Å². The average Bonchev–Trinajstić information content (AvgIpc) is 2.50. The van der Waals surface area contributed by atoms with Gasteiger partial charge in [0.15, 0.2) is 6.61 Å². The number of esters is 1. The van der Waals surface area contributed by atoms with Gasteiger partial charge in [-0.1, -0.05) is 18.1 Å². The Bertz CT molecular complexity index is 727. The van der Waals surface area contributed by atoms with Crippen molar-refractivity contribution >= 4 is 21.9 Å². The maximum atomic E-state index is 13.5. The fourth-order valence-corrected chi connectivity index (χ4v) is 2.74. The van der Waals surface area contributed by atoms with E-state index in [1.807, 2.05) is 4.72 Å². The first-order valence-corrected chi connectivity index (χ1v) is 7.90. The molecule has 0 aromatic heterocycles. The molecular weight excluding hydrogens is 327 g/mol. The number of sulfonamides is 1. The van der Waals surface area contributed by atoms with Crippen LogP contribution in [0.1, 0.15) is 6.92 Å². The number of rotatable bonds is 7. The fourth-order valence-electron chi connectivity index (χ4n) is 1.47. The van der Waals surface area contributed by atoms with E-state index in [-0.39, 0.29) is 6.54 Å². The van der Waals surface area contributed by atoms with Crippen molar-refractivity contribution in [2.45, 2.75) is 17.9 Å². The molecule has 7 nitrogen and oxygen atoms in total. The van der Waals surface area contributed by atoms with Crippen molar-refractivity contribution in [3.63, 3.8) is 0 Å². The Labute approximate surface area is 133 Å². The van der Waals surface area contributed by atoms with Gasteiger partial charge in [0.25, 0.3) is 5.91 Å². The highest BCUT2D eigenvalue weighted by atomic mass is 32.2. The van der Waals surface area contributed by atoms with Crippen LogP contribution >= 0.6 is 0 Å². The van der Waals surface area contributed by atoms with Gasteiger partial charge >= 0.3 is 5.97 Å². The summed E-state index contributed by atoms with van der Waals surface area (Å²) in [5, 5.41) is 2.27. The summed E-state index contributed by atoms with van der Waals surface area (Å²) in [5.74, 6) is -0.396. The summed E-state index contributed by atoms with van der Waals surface area (Å²) in [6, 6.07) is 3.41. The van der Waals surface area contributed by atoms with Crippen LogP contribution in [0.3, 0.4) is 0 Å². The van der Waals surface area contributed by atoms with Gasteiger partial charge in [-0.05, 0) is 19.1 Å². The molecule has 0 bridgehead atoms. The SMILES string of the molecule is C#CCNC(=O)COC(=O)[C@H](C)NS(=O)(=O)c1ccccc1F. The molecule has 0 spiro atoms. The second-order valence-electron chi connectivity index (χ2n) is 4.36. The highest BCUT2D eigenvalue weighted by Gasteiger charge is 2.25.